The first kappa shape index (κ1) is 12.9. The van der Waals surface area contributed by atoms with Crippen molar-refractivity contribution in [1.29, 1.82) is 0 Å². The van der Waals surface area contributed by atoms with Crippen LogP contribution in [-0.2, 0) is 19.2 Å². The molecule has 18 heavy (non-hydrogen) atoms. The van der Waals surface area contributed by atoms with Crippen molar-refractivity contribution in [3.05, 3.63) is 41.6 Å². The van der Waals surface area contributed by atoms with E-state index in [1.807, 2.05) is 26.2 Å². The van der Waals surface area contributed by atoms with Crippen LogP contribution in [0, 0.1) is 6.92 Å². The third-order valence-corrected chi connectivity index (χ3v) is 2.83. The predicted molar refractivity (Wildman–Crippen MR) is 67.9 cm³/mol. The van der Waals surface area contributed by atoms with E-state index in [2.05, 4.69) is 10.4 Å². The Morgan fingerprint density at radius 2 is 2.28 bits per heavy atom. The van der Waals surface area contributed by atoms with Gasteiger partial charge in [-0.15, -0.1) is 0 Å². The minimum Gasteiger partial charge on any atom is -0.463 e. The minimum absolute atomic E-state index is 0.425. The van der Waals surface area contributed by atoms with Gasteiger partial charge in [0.25, 0.3) is 0 Å². The van der Waals surface area contributed by atoms with E-state index in [-0.39, 0.29) is 0 Å². The van der Waals surface area contributed by atoms with E-state index < -0.39 is 5.60 Å². The quantitative estimate of drug-likeness (QED) is 0.839. The zero-order valence-corrected chi connectivity index (χ0v) is 11.0. The molecule has 0 aliphatic rings. The van der Waals surface area contributed by atoms with Crippen molar-refractivity contribution in [3.8, 4) is 0 Å². The molecule has 0 bridgehead atoms. The molecule has 98 valence electrons. The summed E-state index contributed by atoms with van der Waals surface area (Å²) in [5.74, 6) is 1.39. The second-order valence-electron chi connectivity index (χ2n) is 4.81. The summed E-state index contributed by atoms with van der Waals surface area (Å²) in [6, 6.07) is 3.66. The molecule has 0 amide bonds. The van der Waals surface area contributed by atoms with Gasteiger partial charge in [-0.1, -0.05) is 0 Å². The maximum absolute atomic E-state index is 10.3. The van der Waals surface area contributed by atoms with Crippen LogP contribution in [0.4, 0.5) is 0 Å². The van der Waals surface area contributed by atoms with Crippen LogP contribution in [0.2, 0.25) is 0 Å². The maximum atomic E-state index is 10.3. The molecule has 1 atom stereocenters. The third kappa shape index (κ3) is 3.00. The van der Waals surface area contributed by atoms with Crippen molar-refractivity contribution < 1.29 is 9.52 Å². The smallest absolute Gasteiger partial charge is 0.136 e. The summed E-state index contributed by atoms with van der Waals surface area (Å²) >= 11 is 0. The van der Waals surface area contributed by atoms with Gasteiger partial charge in [0.05, 0.1) is 6.20 Å². The Morgan fingerprint density at radius 3 is 2.83 bits per heavy atom. The van der Waals surface area contributed by atoms with Gasteiger partial charge < -0.3 is 14.8 Å². The van der Waals surface area contributed by atoms with Crippen LogP contribution in [0.3, 0.4) is 0 Å². The number of aryl methyl sites for hydroxylation is 2. The van der Waals surface area contributed by atoms with Gasteiger partial charge in [-0.05, 0) is 26.0 Å². The molecule has 0 spiro atoms. The van der Waals surface area contributed by atoms with Crippen LogP contribution < -0.4 is 5.32 Å². The highest BCUT2D eigenvalue weighted by Gasteiger charge is 2.26. The van der Waals surface area contributed by atoms with Gasteiger partial charge in [-0.3, -0.25) is 4.68 Å². The summed E-state index contributed by atoms with van der Waals surface area (Å²) < 4.78 is 7.20. The van der Waals surface area contributed by atoms with Gasteiger partial charge in [0.15, 0.2) is 0 Å². The number of aromatic nitrogens is 2. The first-order valence-electron chi connectivity index (χ1n) is 5.95. The molecule has 0 aliphatic heterocycles. The highest BCUT2D eigenvalue weighted by Crippen LogP contribution is 2.21. The average molecular weight is 249 g/mol. The molecule has 0 aromatic carbocycles. The molecule has 0 aliphatic carbocycles. The summed E-state index contributed by atoms with van der Waals surface area (Å²) in [6.07, 6.45) is 3.75. The van der Waals surface area contributed by atoms with E-state index in [9.17, 15) is 5.11 Å². The number of hydrogen-bond donors (Lipinski definition) is 2. The molecule has 5 nitrogen and oxygen atoms in total. The number of hydrogen-bond acceptors (Lipinski definition) is 4. The lowest BCUT2D eigenvalue weighted by Crippen LogP contribution is -2.34. The van der Waals surface area contributed by atoms with Gasteiger partial charge in [0.2, 0.25) is 0 Å². The SMILES string of the molecule is Cc1ccc(C(C)(O)CNCc2cnn(C)c2)o1. The van der Waals surface area contributed by atoms with Crippen molar-refractivity contribution in [2.45, 2.75) is 26.0 Å². The Morgan fingerprint density at radius 1 is 1.50 bits per heavy atom. The van der Waals surface area contributed by atoms with Crippen molar-refractivity contribution in [2.75, 3.05) is 6.54 Å². The Balaban J connectivity index is 1.89. The fraction of sp³-hybridized carbons (Fsp3) is 0.462. The number of rotatable bonds is 5. The second kappa shape index (κ2) is 4.96. The molecule has 5 heteroatoms. The highest BCUT2D eigenvalue weighted by molar-refractivity contribution is 5.13. The lowest BCUT2D eigenvalue weighted by atomic mass is 10.0. The van der Waals surface area contributed by atoms with Crippen LogP contribution >= 0.6 is 0 Å². The van der Waals surface area contributed by atoms with Gasteiger partial charge >= 0.3 is 0 Å². The van der Waals surface area contributed by atoms with E-state index in [0.717, 1.165) is 11.3 Å². The van der Waals surface area contributed by atoms with Crippen molar-refractivity contribution in [3.63, 3.8) is 0 Å². The number of aliphatic hydroxyl groups is 1. The number of furan rings is 1. The van der Waals surface area contributed by atoms with Crippen molar-refractivity contribution in [2.24, 2.45) is 7.05 Å². The molecule has 0 saturated heterocycles. The molecule has 1 unspecified atom stereocenters. The molecule has 0 saturated carbocycles. The van der Waals surface area contributed by atoms with E-state index in [1.54, 1.807) is 23.9 Å². The molecular weight excluding hydrogens is 230 g/mol. The monoisotopic (exact) mass is 249 g/mol. The molecule has 2 aromatic rings. The maximum Gasteiger partial charge on any atom is 0.136 e. The average Bonchev–Trinajstić information content (AvgIpc) is 2.88. The Bertz CT molecular complexity index is 514. The summed E-state index contributed by atoms with van der Waals surface area (Å²) in [5, 5.41) is 17.6. The topological polar surface area (TPSA) is 63.2 Å². The largest absolute Gasteiger partial charge is 0.463 e. The van der Waals surface area contributed by atoms with E-state index in [4.69, 9.17) is 4.42 Å². The summed E-state index contributed by atoms with van der Waals surface area (Å²) in [6.45, 7) is 4.70. The zero-order chi connectivity index (χ0) is 13.2. The minimum atomic E-state index is -1.00. The summed E-state index contributed by atoms with van der Waals surface area (Å²) in [7, 11) is 1.88. The van der Waals surface area contributed by atoms with Gasteiger partial charge in [-0.25, -0.2) is 0 Å². The molecule has 2 heterocycles. The second-order valence-corrected chi connectivity index (χ2v) is 4.81. The Kier molecular flexibility index (Phi) is 3.54. The summed E-state index contributed by atoms with van der Waals surface area (Å²) in [4.78, 5) is 0. The first-order valence-corrected chi connectivity index (χ1v) is 5.95. The highest BCUT2D eigenvalue weighted by atomic mass is 16.4. The van der Waals surface area contributed by atoms with Gasteiger partial charge in [0, 0.05) is 31.9 Å². The predicted octanol–water partition coefficient (Wildman–Crippen LogP) is 1.32. The van der Waals surface area contributed by atoms with Crippen LogP contribution in [0.15, 0.2) is 28.9 Å². The van der Waals surface area contributed by atoms with E-state index >= 15 is 0 Å². The van der Waals surface area contributed by atoms with Gasteiger partial charge in [0.1, 0.15) is 17.1 Å². The zero-order valence-electron chi connectivity index (χ0n) is 11.0. The van der Waals surface area contributed by atoms with Crippen LogP contribution in [0.1, 0.15) is 24.0 Å². The number of nitrogens with one attached hydrogen (secondary N) is 1. The normalized spacial score (nSPS) is 14.7. The van der Waals surface area contributed by atoms with Crippen molar-refractivity contribution in [1.82, 2.24) is 15.1 Å². The molecule has 2 N–H and O–H groups in total. The Labute approximate surface area is 106 Å². The molecule has 2 rings (SSSR count). The molecule has 0 radical (unpaired) electrons. The van der Waals surface area contributed by atoms with E-state index in [0.29, 0.717) is 18.8 Å². The first-order chi connectivity index (χ1) is 8.47. The van der Waals surface area contributed by atoms with E-state index in [1.165, 1.54) is 0 Å². The fourth-order valence-corrected chi connectivity index (χ4v) is 1.82. The van der Waals surface area contributed by atoms with Crippen molar-refractivity contribution >= 4 is 0 Å². The van der Waals surface area contributed by atoms with Gasteiger partial charge in [-0.2, -0.15) is 5.10 Å². The lowest BCUT2D eigenvalue weighted by Gasteiger charge is -2.21. The molecule has 0 fully saturated rings. The third-order valence-electron chi connectivity index (χ3n) is 2.83. The van der Waals surface area contributed by atoms with Crippen LogP contribution in [-0.4, -0.2) is 21.4 Å². The lowest BCUT2D eigenvalue weighted by molar-refractivity contribution is 0.0333. The molecular formula is C13H19N3O2. The fourth-order valence-electron chi connectivity index (χ4n) is 1.82. The summed E-state index contributed by atoms with van der Waals surface area (Å²) in [5.41, 5.74) is 0.0835. The Hall–Kier alpha value is -1.59. The van der Waals surface area contributed by atoms with Crippen LogP contribution in [0.25, 0.3) is 0 Å². The van der Waals surface area contributed by atoms with Crippen LogP contribution in [0.5, 0.6) is 0 Å². The number of nitrogens with zero attached hydrogens (tertiary/aromatic N) is 2. The molecule has 2 aromatic heterocycles. The standard InChI is InChI=1S/C13H19N3O2/c1-10-4-5-12(18-10)13(2,17)9-14-6-11-7-15-16(3)8-11/h4-5,7-8,14,17H,6,9H2,1-3H3.